The van der Waals surface area contributed by atoms with Crippen LogP contribution in [0.25, 0.3) is 22.2 Å². The fourth-order valence-electron chi connectivity index (χ4n) is 5.16. The van der Waals surface area contributed by atoms with Gasteiger partial charge in [-0.3, -0.25) is 0 Å². The van der Waals surface area contributed by atoms with Crippen LogP contribution in [-0.2, 0) is 4.74 Å². The zero-order chi connectivity index (χ0) is 26.4. The van der Waals surface area contributed by atoms with Gasteiger partial charge in [0, 0.05) is 30.9 Å². The van der Waals surface area contributed by atoms with Gasteiger partial charge in [-0.1, -0.05) is 30.3 Å². The number of aliphatic hydroxyl groups is 2. The minimum absolute atomic E-state index is 0.0195. The number of nitrogens with zero attached hydrogens (tertiary/aromatic N) is 3. The van der Waals surface area contributed by atoms with Crippen LogP contribution in [0.1, 0.15) is 31.7 Å². The van der Waals surface area contributed by atoms with E-state index in [9.17, 15) is 5.11 Å². The molecule has 200 valence electrons. The van der Waals surface area contributed by atoms with Gasteiger partial charge in [-0.25, -0.2) is 9.97 Å². The zero-order valence-electron chi connectivity index (χ0n) is 21.4. The molecule has 2 aromatic carbocycles. The first-order valence-corrected chi connectivity index (χ1v) is 13.1. The van der Waals surface area contributed by atoms with E-state index in [1.807, 2.05) is 54.6 Å². The highest BCUT2D eigenvalue weighted by Gasteiger charge is 2.34. The van der Waals surface area contributed by atoms with Crippen molar-refractivity contribution in [2.24, 2.45) is 0 Å². The predicted molar refractivity (Wildman–Crippen MR) is 147 cm³/mol. The van der Waals surface area contributed by atoms with Gasteiger partial charge in [-0.2, -0.15) is 0 Å². The van der Waals surface area contributed by atoms with Crippen molar-refractivity contribution < 1.29 is 19.7 Å². The quantitative estimate of drug-likeness (QED) is 0.221. The first-order chi connectivity index (χ1) is 18.6. The second-order valence-corrected chi connectivity index (χ2v) is 9.82. The van der Waals surface area contributed by atoms with Gasteiger partial charge in [-0.15, -0.1) is 0 Å². The third-order valence-electron chi connectivity index (χ3n) is 7.17. The zero-order valence-corrected chi connectivity index (χ0v) is 21.4. The first kappa shape index (κ1) is 26.1. The minimum Gasteiger partial charge on any atom is -0.457 e. The van der Waals surface area contributed by atoms with E-state index in [-0.39, 0.29) is 12.6 Å². The number of hydrogen-bond donors (Lipinski definition) is 4. The summed E-state index contributed by atoms with van der Waals surface area (Å²) in [6, 6.07) is 17.9. The molecule has 1 saturated carbocycles. The van der Waals surface area contributed by atoms with E-state index in [1.165, 1.54) is 6.33 Å². The van der Waals surface area contributed by atoms with E-state index in [0.29, 0.717) is 45.0 Å². The molecule has 1 fully saturated rings. The van der Waals surface area contributed by atoms with E-state index in [0.717, 1.165) is 46.5 Å². The van der Waals surface area contributed by atoms with Crippen molar-refractivity contribution in [1.82, 2.24) is 19.9 Å². The Bertz CT molecular complexity index is 1320. The maximum absolute atomic E-state index is 11.1. The lowest BCUT2D eigenvalue weighted by Crippen LogP contribution is -2.44. The molecule has 9 nitrogen and oxygen atoms in total. The molecule has 0 saturated heterocycles. The molecular weight excluding hydrogens is 482 g/mol. The van der Waals surface area contributed by atoms with Crippen LogP contribution in [0.5, 0.6) is 11.5 Å². The summed E-state index contributed by atoms with van der Waals surface area (Å²) in [4.78, 5) is 8.86. The van der Waals surface area contributed by atoms with Crippen LogP contribution in [0.2, 0.25) is 0 Å². The van der Waals surface area contributed by atoms with Crippen molar-refractivity contribution in [2.45, 2.75) is 37.3 Å². The molecule has 0 aliphatic heterocycles. The largest absolute Gasteiger partial charge is 0.457 e. The standard InChI is InChI=1S/C29H35N5O4/c30-27-26-25(21-6-8-24(9-7-21)38-23-4-2-1-3-5-23)18-34(28(26)33-20-32-27)22-10-12-29(36,13-11-22)19-31-14-16-37-17-15-35/h1-9,18,20,22,31,35-36H,10-17,19H2,(H2,30,32,33). The number of ether oxygens (including phenoxy) is 2. The monoisotopic (exact) mass is 517 g/mol. The molecule has 1 aliphatic carbocycles. The van der Waals surface area contributed by atoms with Crippen LogP contribution < -0.4 is 15.8 Å². The molecule has 0 unspecified atom stereocenters. The van der Waals surface area contributed by atoms with Crippen molar-refractivity contribution in [3.05, 3.63) is 67.1 Å². The summed E-state index contributed by atoms with van der Waals surface area (Å²) >= 11 is 0. The molecule has 2 heterocycles. The molecule has 4 aromatic rings. The highest BCUT2D eigenvalue weighted by atomic mass is 16.5. The summed E-state index contributed by atoms with van der Waals surface area (Å²) in [5.41, 5.74) is 8.40. The number of nitrogens with two attached hydrogens (primary N) is 1. The average molecular weight is 518 g/mol. The number of hydrogen-bond acceptors (Lipinski definition) is 8. The molecule has 0 radical (unpaired) electrons. The van der Waals surface area contributed by atoms with Crippen molar-refractivity contribution >= 4 is 16.9 Å². The second-order valence-electron chi connectivity index (χ2n) is 9.82. The summed E-state index contributed by atoms with van der Waals surface area (Å²) in [6.07, 6.45) is 6.66. The Morgan fingerprint density at radius 2 is 1.74 bits per heavy atom. The summed E-state index contributed by atoms with van der Waals surface area (Å²) in [5.74, 6) is 2.00. The predicted octanol–water partition coefficient (Wildman–Crippen LogP) is 3.92. The lowest BCUT2D eigenvalue weighted by atomic mass is 9.82. The van der Waals surface area contributed by atoms with Gasteiger partial charge in [0.05, 0.1) is 30.8 Å². The number of benzene rings is 2. The summed E-state index contributed by atoms with van der Waals surface area (Å²) in [5, 5.41) is 24.0. The molecular formula is C29H35N5O4. The Kier molecular flexibility index (Phi) is 8.19. The Labute approximate surface area is 222 Å². The van der Waals surface area contributed by atoms with Gasteiger partial charge in [0.1, 0.15) is 29.3 Å². The molecule has 0 bridgehead atoms. The Morgan fingerprint density at radius 1 is 1.00 bits per heavy atom. The topological polar surface area (TPSA) is 128 Å². The molecule has 0 amide bonds. The lowest BCUT2D eigenvalue weighted by molar-refractivity contribution is -0.00761. The van der Waals surface area contributed by atoms with Crippen LogP contribution in [0, 0.1) is 0 Å². The van der Waals surface area contributed by atoms with Gasteiger partial charge in [0.2, 0.25) is 0 Å². The Hall–Kier alpha value is -3.50. The van der Waals surface area contributed by atoms with Crippen LogP contribution in [0.15, 0.2) is 67.1 Å². The number of para-hydroxylation sites is 1. The maximum Gasteiger partial charge on any atom is 0.146 e. The number of fused-ring (bicyclic) bond motifs is 1. The fraction of sp³-hybridized carbons (Fsp3) is 0.379. The molecule has 0 atom stereocenters. The molecule has 2 aromatic heterocycles. The number of aliphatic hydroxyl groups excluding tert-OH is 1. The third-order valence-corrected chi connectivity index (χ3v) is 7.17. The van der Waals surface area contributed by atoms with Crippen LogP contribution in [0.4, 0.5) is 5.82 Å². The normalized spacial score (nSPS) is 19.6. The number of nitrogen functional groups attached to an aromatic ring is 1. The number of anilines is 1. The lowest BCUT2D eigenvalue weighted by Gasteiger charge is -2.37. The molecule has 5 N–H and O–H groups in total. The van der Waals surface area contributed by atoms with Crippen LogP contribution >= 0.6 is 0 Å². The van der Waals surface area contributed by atoms with Gasteiger partial charge in [-0.05, 0) is 55.5 Å². The molecule has 1 aliphatic rings. The van der Waals surface area contributed by atoms with Crippen molar-refractivity contribution in [3.63, 3.8) is 0 Å². The number of aromatic nitrogens is 3. The Balaban J connectivity index is 1.30. The molecule has 0 spiro atoms. The highest BCUT2D eigenvalue weighted by Crippen LogP contribution is 2.40. The van der Waals surface area contributed by atoms with E-state index in [1.54, 1.807) is 0 Å². The first-order valence-electron chi connectivity index (χ1n) is 13.1. The second kappa shape index (κ2) is 11.9. The van der Waals surface area contributed by atoms with Gasteiger partial charge < -0.3 is 35.3 Å². The SMILES string of the molecule is Nc1ncnc2c1c(-c1ccc(Oc3ccccc3)cc1)cn2C1CCC(O)(CNCCOCCO)CC1. The van der Waals surface area contributed by atoms with Crippen molar-refractivity contribution in [2.75, 3.05) is 38.6 Å². The minimum atomic E-state index is -0.748. The average Bonchev–Trinajstić information content (AvgIpc) is 3.33. The third kappa shape index (κ3) is 5.97. The van der Waals surface area contributed by atoms with Crippen LogP contribution in [0.3, 0.4) is 0 Å². The fourth-order valence-corrected chi connectivity index (χ4v) is 5.16. The molecule has 9 heteroatoms. The Morgan fingerprint density at radius 3 is 2.47 bits per heavy atom. The highest BCUT2D eigenvalue weighted by molar-refractivity contribution is 6.00. The van der Waals surface area contributed by atoms with Crippen LogP contribution in [-0.4, -0.2) is 63.3 Å². The van der Waals surface area contributed by atoms with Crippen molar-refractivity contribution in [3.8, 4) is 22.6 Å². The number of nitrogens with one attached hydrogen (secondary N) is 1. The van der Waals surface area contributed by atoms with Gasteiger partial charge in [0.25, 0.3) is 0 Å². The van der Waals surface area contributed by atoms with Gasteiger partial charge in [0.15, 0.2) is 0 Å². The summed E-state index contributed by atoms with van der Waals surface area (Å²) in [6.45, 7) is 2.03. The van der Waals surface area contributed by atoms with E-state index >= 15 is 0 Å². The summed E-state index contributed by atoms with van der Waals surface area (Å²) in [7, 11) is 0. The van der Waals surface area contributed by atoms with Crippen molar-refractivity contribution in [1.29, 1.82) is 0 Å². The maximum atomic E-state index is 11.1. The van der Waals surface area contributed by atoms with Gasteiger partial charge >= 0.3 is 0 Å². The molecule has 5 rings (SSSR count). The molecule has 38 heavy (non-hydrogen) atoms. The summed E-state index contributed by atoms with van der Waals surface area (Å²) < 4.78 is 13.4. The van der Waals surface area contributed by atoms with E-state index in [4.69, 9.17) is 20.3 Å². The smallest absolute Gasteiger partial charge is 0.146 e. The van der Waals surface area contributed by atoms with E-state index in [2.05, 4.69) is 26.0 Å². The van der Waals surface area contributed by atoms with E-state index < -0.39 is 5.60 Å². The number of rotatable bonds is 11.